The molecule has 1 heterocycles. The largest absolute Gasteiger partial charge is 0.332 e. The minimum Gasteiger partial charge on any atom is -0.269 e. The second kappa shape index (κ2) is 2.16. The molecule has 74 valence electrons. The first-order valence-corrected chi connectivity index (χ1v) is 4.85. The molecule has 1 saturated heterocycles. The van der Waals surface area contributed by atoms with Crippen LogP contribution in [0.15, 0.2) is 0 Å². The van der Waals surface area contributed by atoms with Crippen molar-refractivity contribution in [3.8, 4) is 0 Å². The van der Waals surface area contributed by atoms with E-state index in [0.717, 1.165) is 30.6 Å². The van der Waals surface area contributed by atoms with Crippen LogP contribution in [0.2, 0.25) is 0 Å². The van der Waals surface area contributed by atoms with Gasteiger partial charge in [0.25, 0.3) is 0 Å². The zero-order valence-electron chi connectivity index (χ0n) is 7.58. The van der Waals surface area contributed by atoms with Crippen molar-refractivity contribution >= 4 is 17.8 Å². The van der Waals surface area contributed by atoms with E-state index in [2.05, 4.69) is 0 Å². The van der Waals surface area contributed by atoms with Crippen LogP contribution in [-0.2, 0) is 9.59 Å². The zero-order valence-corrected chi connectivity index (χ0v) is 7.58. The van der Waals surface area contributed by atoms with Crippen LogP contribution in [0.25, 0.3) is 0 Å². The van der Waals surface area contributed by atoms with Crippen molar-refractivity contribution in [1.29, 1.82) is 0 Å². The molecule has 3 aliphatic rings. The van der Waals surface area contributed by atoms with Crippen LogP contribution in [0.5, 0.6) is 0 Å². The average Bonchev–Trinajstić information content (AvgIpc) is 2.98. The second-order valence-corrected chi connectivity index (χ2v) is 4.28. The lowest BCUT2D eigenvalue weighted by molar-refractivity contribution is -0.141. The van der Waals surface area contributed by atoms with Crippen LogP contribution in [0, 0.1) is 5.92 Å². The number of carbonyl (C=O) groups excluding carboxylic acids is 3. The van der Waals surface area contributed by atoms with E-state index in [9.17, 15) is 14.4 Å². The van der Waals surface area contributed by atoms with E-state index in [4.69, 9.17) is 0 Å². The fourth-order valence-corrected chi connectivity index (χ4v) is 2.37. The van der Waals surface area contributed by atoms with Crippen molar-refractivity contribution in [2.24, 2.45) is 5.92 Å². The van der Waals surface area contributed by atoms with Crippen LogP contribution in [0.4, 0.5) is 4.79 Å². The number of hydrogen-bond donors (Lipinski definition) is 1. The third-order valence-corrected chi connectivity index (χ3v) is 3.37. The Labute approximate surface area is 80.4 Å². The monoisotopic (exact) mass is 194 g/mol. The van der Waals surface area contributed by atoms with E-state index in [1.165, 1.54) is 0 Å². The molecule has 2 saturated carbocycles. The molecule has 3 fully saturated rings. The Morgan fingerprint density at radius 3 is 2.21 bits per heavy atom. The number of imide groups is 2. The Morgan fingerprint density at radius 2 is 1.86 bits per heavy atom. The quantitative estimate of drug-likeness (QED) is 0.497. The Hall–Kier alpha value is -1.39. The highest BCUT2D eigenvalue weighted by atomic mass is 16.2. The molecule has 2 aliphatic carbocycles. The van der Waals surface area contributed by atoms with Crippen molar-refractivity contribution in [3.63, 3.8) is 0 Å². The van der Waals surface area contributed by atoms with Crippen LogP contribution < -0.4 is 5.32 Å². The highest BCUT2D eigenvalue weighted by Crippen LogP contribution is 2.57. The first kappa shape index (κ1) is 7.96. The molecule has 0 bridgehead atoms. The van der Waals surface area contributed by atoms with Gasteiger partial charge in [-0.15, -0.1) is 0 Å². The molecule has 0 aromatic heterocycles. The van der Waals surface area contributed by atoms with Gasteiger partial charge in [-0.25, -0.2) is 9.69 Å². The summed E-state index contributed by atoms with van der Waals surface area (Å²) in [6.07, 6.45) is 3.88. The molecule has 1 aliphatic heterocycles. The summed E-state index contributed by atoms with van der Waals surface area (Å²) in [5.41, 5.74) is -0.284. The van der Waals surface area contributed by atoms with E-state index >= 15 is 0 Å². The summed E-state index contributed by atoms with van der Waals surface area (Å²) < 4.78 is 0. The molecule has 0 spiro atoms. The minimum atomic E-state index is -0.776. The number of nitrogens with one attached hydrogen (secondary N) is 1. The van der Waals surface area contributed by atoms with Gasteiger partial charge in [0.2, 0.25) is 0 Å². The lowest BCUT2D eigenvalue weighted by atomic mass is 10.1. The maximum Gasteiger partial charge on any atom is 0.332 e. The number of amides is 4. The van der Waals surface area contributed by atoms with Crippen molar-refractivity contribution in [2.75, 3.05) is 0 Å². The van der Waals surface area contributed by atoms with E-state index in [-0.39, 0.29) is 5.54 Å². The molecule has 3 rings (SSSR count). The summed E-state index contributed by atoms with van der Waals surface area (Å²) in [5, 5.41) is 2.04. The standard InChI is InChI=1S/C9H10N2O3/c12-6-7(13)11(8(14)10-6)9(3-4-9)5-1-2-5/h5H,1-4H2,(H,10,12,14). The molecular weight excluding hydrogens is 184 g/mol. The molecule has 0 unspecified atom stereocenters. The molecule has 5 heteroatoms. The Balaban J connectivity index is 1.94. The number of hydrogen-bond acceptors (Lipinski definition) is 3. The van der Waals surface area contributed by atoms with Gasteiger partial charge < -0.3 is 0 Å². The van der Waals surface area contributed by atoms with E-state index in [0.29, 0.717) is 5.92 Å². The highest BCUT2D eigenvalue weighted by molar-refractivity contribution is 6.45. The first-order valence-electron chi connectivity index (χ1n) is 4.85. The van der Waals surface area contributed by atoms with Crippen LogP contribution in [-0.4, -0.2) is 28.3 Å². The van der Waals surface area contributed by atoms with Crippen molar-refractivity contribution in [3.05, 3.63) is 0 Å². The predicted molar refractivity (Wildman–Crippen MR) is 45.1 cm³/mol. The fourth-order valence-electron chi connectivity index (χ4n) is 2.37. The SMILES string of the molecule is O=C1NC(=O)N(C2(C3CC3)CC2)C1=O. The fraction of sp³-hybridized carbons (Fsp3) is 0.667. The lowest BCUT2D eigenvalue weighted by Crippen LogP contribution is -2.44. The van der Waals surface area contributed by atoms with Gasteiger partial charge in [-0.1, -0.05) is 0 Å². The predicted octanol–water partition coefficient (Wildman–Crippen LogP) is 0.00740. The molecule has 1 N–H and O–H groups in total. The first-order chi connectivity index (χ1) is 6.65. The van der Waals surface area contributed by atoms with Gasteiger partial charge in [0.15, 0.2) is 0 Å². The van der Waals surface area contributed by atoms with Crippen LogP contribution >= 0.6 is 0 Å². The molecule has 0 aromatic rings. The molecule has 14 heavy (non-hydrogen) atoms. The van der Waals surface area contributed by atoms with Crippen molar-refractivity contribution < 1.29 is 14.4 Å². The Morgan fingerprint density at radius 1 is 1.21 bits per heavy atom. The lowest BCUT2D eigenvalue weighted by Gasteiger charge is -2.23. The van der Waals surface area contributed by atoms with E-state index in [1.54, 1.807) is 0 Å². The zero-order chi connectivity index (χ0) is 9.92. The van der Waals surface area contributed by atoms with Gasteiger partial charge in [0.1, 0.15) is 0 Å². The molecular formula is C9H10N2O3. The highest BCUT2D eigenvalue weighted by Gasteiger charge is 2.63. The number of rotatable bonds is 2. The summed E-state index contributed by atoms with van der Waals surface area (Å²) in [5.74, 6) is -0.996. The molecule has 5 nitrogen and oxygen atoms in total. The summed E-state index contributed by atoms with van der Waals surface area (Å²) >= 11 is 0. The number of carbonyl (C=O) groups is 3. The average molecular weight is 194 g/mol. The van der Waals surface area contributed by atoms with E-state index < -0.39 is 17.8 Å². The summed E-state index contributed by atoms with van der Waals surface area (Å²) in [6, 6.07) is -0.524. The smallest absolute Gasteiger partial charge is 0.269 e. The maximum absolute atomic E-state index is 11.4. The molecule has 0 atom stereocenters. The van der Waals surface area contributed by atoms with Crippen molar-refractivity contribution in [1.82, 2.24) is 10.2 Å². The number of nitrogens with zero attached hydrogens (tertiary/aromatic N) is 1. The van der Waals surface area contributed by atoms with Gasteiger partial charge in [0.05, 0.1) is 5.54 Å². The summed E-state index contributed by atoms with van der Waals surface area (Å²) in [6.45, 7) is 0. The van der Waals surface area contributed by atoms with Gasteiger partial charge in [-0.05, 0) is 31.6 Å². The Bertz CT molecular complexity index is 355. The van der Waals surface area contributed by atoms with Gasteiger partial charge in [-0.2, -0.15) is 0 Å². The third-order valence-electron chi connectivity index (χ3n) is 3.37. The Kier molecular flexibility index (Phi) is 1.23. The minimum absolute atomic E-state index is 0.284. The molecule has 0 radical (unpaired) electrons. The normalized spacial score (nSPS) is 29.4. The molecule has 0 aromatic carbocycles. The summed E-state index contributed by atoms with van der Waals surface area (Å²) in [7, 11) is 0. The third kappa shape index (κ3) is 0.818. The summed E-state index contributed by atoms with van der Waals surface area (Å²) in [4.78, 5) is 35.0. The number of urea groups is 1. The van der Waals surface area contributed by atoms with Crippen molar-refractivity contribution in [2.45, 2.75) is 31.2 Å². The van der Waals surface area contributed by atoms with Crippen LogP contribution in [0.1, 0.15) is 25.7 Å². The molecule has 4 amide bonds. The van der Waals surface area contributed by atoms with Crippen LogP contribution in [0.3, 0.4) is 0 Å². The topological polar surface area (TPSA) is 66.5 Å². The van der Waals surface area contributed by atoms with Gasteiger partial charge in [-0.3, -0.25) is 14.9 Å². The maximum atomic E-state index is 11.4. The van der Waals surface area contributed by atoms with E-state index in [1.807, 2.05) is 5.32 Å². The van der Waals surface area contributed by atoms with Gasteiger partial charge >= 0.3 is 17.8 Å². The second-order valence-electron chi connectivity index (χ2n) is 4.28. The van der Waals surface area contributed by atoms with Gasteiger partial charge in [0, 0.05) is 0 Å².